The first-order valence-corrected chi connectivity index (χ1v) is 10.8. The van der Waals surface area contributed by atoms with Gasteiger partial charge in [-0.2, -0.15) is 0 Å². The smallest absolute Gasteiger partial charge is 0.228 e. The second kappa shape index (κ2) is 8.54. The maximum atomic E-state index is 13.3. The Balaban J connectivity index is 1.54. The summed E-state index contributed by atoms with van der Waals surface area (Å²) in [5, 5.41) is 0. The monoisotopic (exact) mass is 406 g/mol. The molecule has 0 radical (unpaired) electrons. The fourth-order valence-electron chi connectivity index (χ4n) is 4.71. The second-order valence-electron chi connectivity index (χ2n) is 8.94. The summed E-state index contributed by atoms with van der Waals surface area (Å²) in [6, 6.07) is 8.29. The van der Waals surface area contributed by atoms with Crippen molar-refractivity contribution in [3.63, 3.8) is 0 Å². The number of carbonyl (C=O) groups is 2. The molecule has 6 heteroatoms. The van der Waals surface area contributed by atoms with Crippen LogP contribution in [0.25, 0.3) is 11.1 Å². The third-order valence-electron chi connectivity index (χ3n) is 6.71. The molecule has 2 amide bonds. The van der Waals surface area contributed by atoms with E-state index in [1.165, 1.54) is 6.33 Å². The summed E-state index contributed by atoms with van der Waals surface area (Å²) in [7, 11) is 3.65. The number of piperidine rings is 1. The molecule has 2 aromatic rings. The summed E-state index contributed by atoms with van der Waals surface area (Å²) in [6.45, 7) is 1.34. The van der Waals surface area contributed by atoms with Crippen LogP contribution in [0.5, 0.6) is 0 Å². The average Bonchev–Trinajstić information content (AvgIpc) is 2.73. The molecule has 0 atom stereocenters. The lowest BCUT2D eigenvalue weighted by molar-refractivity contribution is -0.148. The summed E-state index contributed by atoms with van der Waals surface area (Å²) >= 11 is 0. The molecule has 1 aliphatic carbocycles. The highest BCUT2D eigenvalue weighted by Gasteiger charge is 2.44. The fourth-order valence-corrected chi connectivity index (χ4v) is 4.71. The molecule has 158 valence electrons. The number of likely N-dealkylation sites (tertiary alicyclic amines) is 1. The fraction of sp³-hybridized carbons (Fsp3) is 0.500. The molecular weight excluding hydrogens is 376 g/mol. The van der Waals surface area contributed by atoms with E-state index < -0.39 is 5.41 Å². The first-order chi connectivity index (χ1) is 14.5. The van der Waals surface area contributed by atoms with Crippen molar-refractivity contribution in [2.45, 2.75) is 38.5 Å². The van der Waals surface area contributed by atoms with Crippen molar-refractivity contribution in [3.05, 3.63) is 48.5 Å². The van der Waals surface area contributed by atoms with E-state index in [1.54, 1.807) is 17.3 Å². The topological polar surface area (TPSA) is 66.4 Å². The number of nitrogens with zero attached hydrogens (tertiary/aromatic N) is 4. The molecule has 2 aliphatic rings. The molecule has 2 fully saturated rings. The van der Waals surface area contributed by atoms with Gasteiger partial charge in [0.05, 0.1) is 5.41 Å². The molecule has 0 N–H and O–H groups in total. The van der Waals surface area contributed by atoms with Crippen molar-refractivity contribution in [1.29, 1.82) is 0 Å². The van der Waals surface area contributed by atoms with E-state index in [4.69, 9.17) is 0 Å². The number of hydrogen-bond donors (Lipinski definition) is 0. The first-order valence-electron chi connectivity index (χ1n) is 10.8. The molecule has 4 rings (SSSR count). The predicted octanol–water partition coefficient (Wildman–Crippen LogP) is 3.18. The van der Waals surface area contributed by atoms with Crippen LogP contribution < -0.4 is 0 Å². The van der Waals surface area contributed by atoms with Crippen LogP contribution >= 0.6 is 0 Å². The number of carbonyl (C=O) groups excluding carboxylic acids is 2. The van der Waals surface area contributed by atoms with Crippen LogP contribution in [0, 0.1) is 11.3 Å². The summed E-state index contributed by atoms with van der Waals surface area (Å²) < 4.78 is 0. The van der Waals surface area contributed by atoms with Gasteiger partial charge >= 0.3 is 0 Å². The van der Waals surface area contributed by atoms with E-state index in [-0.39, 0.29) is 11.8 Å². The zero-order chi connectivity index (χ0) is 21.1. The first kappa shape index (κ1) is 20.5. The van der Waals surface area contributed by atoms with E-state index in [9.17, 15) is 9.59 Å². The normalized spacial score (nSPS) is 18.5. The minimum atomic E-state index is -0.467. The third-order valence-corrected chi connectivity index (χ3v) is 6.71. The summed E-state index contributed by atoms with van der Waals surface area (Å²) in [6.07, 6.45) is 10.4. The average molecular weight is 407 g/mol. The Kier molecular flexibility index (Phi) is 5.84. The van der Waals surface area contributed by atoms with Gasteiger partial charge in [0.2, 0.25) is 11.8 Å². The van der Waals surface area contributed by atoms with Gasteiger partial charge in [0.15, 0.2) is 0 Å². The van der Waals surface area contributed by atoms with Crippen molar-refractivity contribution in [2.75, 3.05) is 27.2 Å². The van der Waals surface area contributed by atoms with Crippen molar-refractivity contribution in [2.24, 2.45) is 11.3 Å². The zero-order valence-electron chi connectivity index (χ0n) is 17.9. The van der Waals surface area contributed by atoms with Crippen LogP contribution in [0.15, 0.2) is 43.0 Å². The molecule has 1 aromatic carbocycles. The standard InChI is InChI=1S/C24H30N4O2/c1-27(2)23(30)24(9-11-28(12-10-24)22(29)19-6-4-7-19)14-18-5-3-8-20(13-18)21-15-25-17-26-16-21/h3,5,8,13,15-17,19H,4,6-7,9-12,14H2,1-2H3. The van der Waals surface area contributed by atoms with Gasteiger partial charge in [-0.3, -0.25) is 9.59 Å². The van der Waals surface area contributed by atoms with Crippen LogP contribution in [0.2, 0.25) is 0 Å². The Morgan fingerprint density at radius 3 is 2.40 bits per heavy atom. The lowest BCUT2D eigenvalue weighted by atomic mass is 9.72. The number of rotatable bonds is 5. The summed E-state index contributed by atoms with van der Waals surface area (Å²) in [5.74, 6) is 0.664. The number of benzene rings is 1. The minimum Gasteiger partial charge on any atom is -0.348 e. The molecule has 1 saturated heterocycles. The van der Waals surface area contributed by atoms with Crippen molar-refractivity contribution < 1.29 is 9.59 Å². The Bertz CT molecular complexity index is 900. The zero-order valence-corrected chi connectivity index (χ0v) is 17.9. The maximum absolute atomic E-state index is 13.3. The van der Waals surface area contributed by atoms with Crippen molar-refractivity contribution in [3.8, 4) is 11.1 Å². The third kappa shape index (κ3) is 4.09. The van der Waals surface area contributed by atoms with Gasteiger partial charge in [-0.25, -0.2) is 9.97 Å². The van der Waals surface area contributed by atoms with Crippen molar-refractivity contribution in [1.82, 2.24) is 19.8 Å². The van der Waals surface area contributed by atoms with Crippen LogP contribution in [-0.4, -0.2) is 58.8 Å². The van der Waals surface area contributed by atoms with E-state index in [2.05, 4.69) is 22.1 Å². The highest BCUT2D eigenvalue weighted by Crippen LogP contribution is 2.39. The molecule has 0 unspecified atom stereocenters. The predicted molar refractivity (Wildman–Crippen MR) is 115 cm³/mol. The molecule has 0 bridgehead atoms. The Hall–Kier alpha value is -2.76. The Morgan fingerprint density at radius 2 is 1.80 bits per heavy atom. The van der Waals surface area contributed by atoms with Crippen LogP contribution in [0.4, 0.5) is 0 Å². The van der Waals surface area contributed by atoms with Gasteiger partial charge in [-0.1, -0.05) is 30.7 Å². The van der Waals surface area contributed by atoms with Gasteiger partial charge < -0.3 is 9.80 Å². The molecule has 6 nitrogen and oxygen atoms in total. The lowest BCUT2D eigenvalue weighted by Crippen LogP contribution is -2.52. The Labute approximate surface area is 178 Å². The minimum absolute atomic E-state index is 0.159. The van der Waals surface area contributed by atoms with E-state index in [0.29, 0.717) is 38.3 Å². The largest absolute Gasteiger partial charge is 0.348 e. The van der Waals surface area contributed by atoms with E-state index in [0.717, 1.165) is 36.0 Å². The summed E-state index contributed by atoms with van der Waals surface area (Å²) in [4.78, 5) is 37.9. The van der Waals surface area contributed by atoms with Gasteiger partial charge in [-0.05, 0) is 43.2 Å². The molecule has 2 heterocycles. The molecule has 0 spiro atoms. The van der Waals surface area contributed by atoms with E-state index >= 15 is 0 Å². The van der Waals surface area contributed by atoms with Crippen molar-refractivity contribution >= 4 is 11.8 Å². The molecule has 30 heavy (non-hydrogen) atoms. The number of hydrogen-bond acceptors (Lipinski definition) is 4. The van der Waals surface area contributed by atoms with Gasteiger partial charge in [-0.15, -0.1) is 0 Å². The number of amides is 2. The second-order valence-corrected chi connectivity index (χ2v) is 8.94. The molecule has 1 aromatic heterocycles. The molecular formula is C24H30N4O2. The van der Waals surface area contributed by atoms with Gasteiger partial charge in [0.1, 0.15) is 6.33 Å². The maximum Gasteiger partial charge on any atom is 0.228 e. The Morgan fingerprint density at radius 1 is 1.10 bits per heavy atom. The molecule has 1 saturated carbocycles. The van der Waals surface area contributed by atoms with Crippen LogP contribution in [-0.2, 0) is 16.0 Å². The van der Waals surface area contributed by atoms with Crippen LogP contribution in [0.3, 0.4) is 0 Å². The highest BCUT2D eigenvalue weighted by atomic mass is 16.2. The lowest BCUT2D eigenvalue weighted by Gasteiger charge is -2.43. The quantitative estimate of drug-likeness (QED) is 0.765. The summed E-state index contributed by atoms with van der Waals surface area (Å²) in [5.41, 5.74) is 2.68. The van der Waals surface area contributed by atoms with Gasteiger partial charge in [0, 0.05) is 51.1 Å². The molecule has 1 aliphatic heterocycles. The number of aromatic nitrogens is 2. The van der Waals surface area contributed by atoms with Crippen LogP contribution in [0.1, 0.15) is 37.7 Å². The van der Waals surface area contributed by atoms with Gasteiger partial charge in [0.25, 0.3) is 0 Å². The highest BCUT2D eigenvalue weighted by molar-refractivity contribution is 5.84. The SMILES string of the molecule is CN(C)C(=O)C1(Cc2cccc(-c3cncnc3)c2)CCN(C(=O)C2CCC2)CC1. The van der Waals surface area contributed by atoms with E-state index in [1.807, 2.05) is 31.1 Å².